The zero-order valence-electron chi connectivity index (χ0n) is 11.7. The van der Waals surface area contributed by atoms with Gasteiger partial charge in [0.05, 0.1) is 24.3 Å². The predicted molar refractivity (Wildman–Crippen MR) is 82.7 cm³/mol. The lowest BCUT2D eigenvalue weighted by Crippen LogP contribution is -2.00. The standard InChI is InChI=1S/C16H14BrNO3/c1-19-14-8-7-12(15(17)16(14)20-2)10-21-13-6-4-3-5-11(13)9-18/h3-8H,10H2,1-2H3. The molecule has 0 heterocycles. The molecule has 0 saturated heterocycles. The molecule has 0 spiro atoms. The molecular weight excluding hydrogens is 334 g/mol. The maximum atomic E-state index is 9.04. The first-order valence-corrected chi connectivity index (χ1v) is 7.01. The monoisotopic (exact) mass is 347 g/mol. The fourth-order valence-electron chi connectivity index (χ4n) is 1.88. The minimum absolute atomic E-state index is 0.319. The number of benzene rings is 2. The summed E-state index contributed by atoms with van der Waals surface area (Å²) in [5.74, 6) is 1.82. The molecule has 0 aromatic heterocycles. The maximum Gasteiger partial charge on any atom is 0.175 e. The molecule has 0 saturated carbocycles. The van der Waals surface area contributed by atoms with Gasteiger partial charge >= 0.3 is 0 Å². The van der Waals surface area contributed by atoms with E-state index in [1.165, 1.54) is 0 Å². The molecule has 0 radical (unpaired) electrons. The summed E-state index contributed by atoms with van der Waals surface area (Å²) in [5, 5.41) is 9.04. The van der Waals surface area contributed by atoms with Gasteiger partial charge in [0, 0.05) is 5.56 Å². The molecule has 4 nitrogen and oxygen atoms in total. The SMILES string of the molecule is COc1ccc(COc2ccccc2C#N)c(Br)c1OC. The number of hydrogen-bond acceptors (Lipinski definition) is 4. The first kappa shape index (κ1) is 15.2. The summed E-state index contributed by atoms with van der Waals surface area (Å²) in [4.78, 5) is 0. The van der Waals surface area contributed by atoms with E-state index >= 15 is 0 Å². The number of nitriles is 1. The second-order valence-corrected chi connectivity index (χ2v) is 4.96. The van der Waals surface area contributed by atoms with Gasteiger partial charge in [-0.3, -0.25) is 0 Å². The highest BCUT2D eigenvalue weighted by atomic mass is 79.9. The van der Waals surface area contributed by atoms with Crippen LogP contribution in [0.4, 0.5) is 0 Å². The zero-order valence-corrected chi connectivity index (χ0v) is 13.3. The van der Waals surface area contributed by atoms with Crippen molar-refractivity contribution in [2.24, 2.45) is 0 Å². The zero-order chi connectivity index (χ0) is 15.2. The highest BCUT2D eigenvalue weighted by molar-refractivity contribution is 9.10. The van der Waals surface area contributed by atoms with Crippen LogP contribution in [0.5, 0.6) is 17.2 Å². The van der Waals surface area contributed by atoms with Gasteiger partial charge in [0.1, 0.15) is 18.4 Å². The van der Waals surface area contributed by atoms with Crippen LogP contribution >= 0.6 is 15.9 Å². The summed E-state index contributed by atoms with van der Waals surface area (Å²) in [7, 11) is 3.17. The Morgan fingerprint density at radius 1 is 1.05 bits per heavy atom. The summed E-state index contributed by atoms with van der Waals surface area (Å²) < 4.78 is 17.1. The van der Waals surface area contributed by atoms with E-state index in [-0.39, 0.29) is 0 Å². The van der Waals surface area contributed by atoms with E-state index in [4.69, 9.17) is 19.5 Å². The number of nitrogens with zero attached hydrogens (tertiary/aromatic N) is 1. The van der Waals surface area contributed by atoms with Crippen molar-refractivity contribution in [3.63, 3.8) is 0 Å². The van der Waals surface area contributed by atoms with Crippen LogP contribution in [-0.2, 0) is 6.61 Å². The molecule has 0 aliphatic carbocycles. The lowest BCUT2D eigenvalue weighted by Gasteiger charge is -2.14. The normalized spacial score (nSPS) is 9.81. The number of para-hydroxylation sites is 1. The van der Waals surface area contributed by atoms with E-state index < -0.39 is 0 Å². The molecule has 21 heavy (non-hydrogen) atoms. The molecule has 0 unspecified atom stereocenters. The molecule has 0 amide bonds. The number of rotatable bonds is 5. The van der Waals surface area contributed by atoms with Gasteiger partial charge in [0.15, 0.2) is 11.5 Å². The highest BCUT2D eigenvalue weighted by Gasteiger charge is 2.13. The Kier molecular flexibility index (Phi) is 5.07. The molecule has 5 heteroatoms. The van der Waals surface area contributed by atoms with Crippen molar-refractivity contribution in [3.05, 3.63) is 52.0 Å². The molecule has 0 atom stereocenters. The van der Waals surface area contributed by atoms with Gasteiger partial charge in [-0.05, 0) is 34.1 Å². The molecule has 2 rings (SSSR count). The van der Waals surface area contributed by atoms with Crippen LogP contribution in [0, 0.1) is 11.3 Å². The Labute approximate surface area is 132 Å². The average Bonchev–Trinajstić information content (AvgIpc) is 2.53. The van der Waals surface area contributed by atoms with Crippen LogP contribution in [0.15, 0.2) is 40.9 Å². The fraction of sp³-hybridized carbons (Fsp3) is 0.188. The smallest absolute Gasteiger partial charge is 0.175 e. The fourth-order valence-corrected chi connectivity index (χ4v) is 2.49. The Morgan fingerprint density at radius 2 is 1.81 bits per heavy atom. The number of halogens is 1. The molecule has 0 fully saturated rings. The van der Waals surface area contributed by atoms with Crippen molar-refractivity contribution in [2.45, 2.75) is 6.61 Å². The molecule has 0 N–H and O–H groups in total. The molecule has 0 aliphatic heterocycles. The van der Waals surface area contributed by atoms with Gasteiger partial charge in [-0.15, -0.1) is 0 Å². The van der Waals surface area contributed by atoms with E-state index in [2.05, 4.69) is 22.0 Å². The molecule has 108 valence electrons. The van der Waals surface area contributed by atoms with Crippen molar-refractivity contribution >= 4 is 15.9 Å². The van der Waals surface area contributed by atoms with E-state index in [0.717, 1.165) is 10.0 Å². The molecule has 2 aromatic rings. The summed E-state index contributed by atoms with van der Waals surface area (Å²) >= 11 is 3.49. The summed E-state index contributed by atoms with van der Waals surface area (Å²) in [6.45, 7) is 0.319. The van der Waals surface area contributed by atoms with Crippen molar-refractivity contribution in [3.8, 4) is 23.3 Å². The maximum absolute atomic E-state index is 9.04. The largest absolute Gasteiger partial charge is 0.493 e. The Bertz CT molecular complexity index is 680. The lowest BCUT2D eigenvalue weighted by molar-refractivity contribution is 0.301. The first-order chi connectivity index (χ1) is 10.2. The van der Waals surface area contributed by atoms with Crippen molar-refractivity contribution < 1.29 is 14.2 Å². The molecule has 2 aromatic carbocycles. The van der Waals surface area contributed by atoms with Crippen LogP contribution < -0.4 is 14.2 Å². The minimum Gasteiger partial charge on any atom is -0.493 e. The van der Waals surface area contributed by atoms with Crippen LogP contribution in [-0.4, -0.2) is 14.2 Å². The van der Waals surface area contributed by atoms with Gasteiger partial charge in [0.2, 0.25) is 0 Å². The van der Waals surface area contributed by atoms with E-state index in [1.54, 1.807) is 32.4 Å². The van der Waals surface area contributed by atoms with Gasteiger partial charge in [0.25, 0.3) is 0 Å². The quantitative estimate of drug-likeness (QED) is 0.822. The van der Waals surface area contributed by atoms with Crippen LogP contribution in [0.2, 0.25) is 0 Å². The predicted octanol–water partition coefficient (Wildman–Crippen LogP) is 3.92. The number of ether oxygens (including phenoxy) is 3. The van der Waals surface area contributed by atoms with E-state index in [0.29, 0.717) is 29.4 Å². The van der Waals surface area contributed by atoms with Crippen molar-refractivity contribution in [1.29, 1.82) is 5.26 Å². The minimum atomic E-state index is 0.319. The van der Waals surface area contributed by atoms with Gasteiger partial charge < -0.3 is 14.2 Å². The third-order valence-corrected chi connectivity index (χ3v) is 3.83. The number of methoxy groups -OCH3 is 2. The third kappa shape index (κ3) is 3.29. The van der Waals surface area contributed by atoms with Gasteiger partial charge in [-0.25, -0.2) is 0 Å². The highest BCUT2D eigenvalue weighted by Crippen LogP contribution is 2.38. The van der Waals surface area contributed by atoms with Crippen LogP contribution in [0.1, 0.15) is 11.1 Å². The van der Waals surface area contributed by atoms with E-state index in [9.17, 15) is 0 Å². The Morgan fingerprint density at radius 3 is 2.48 bits per heavy atom. The summed E-state index contributed by atoms with van der Waals surface area (Å²) in [6, 6.07) is 12.9. The molecular formula is C16H14BrNO3. The number of hydrogen-bond donors (Lipinski definition) is 0. The average molecular weight is 348 g/mol. The Hall–Kier alpha value is -2.19. The topological polar surface area (TPSA) is 51.5 Å². The van der Waals surface area contributed by atoms with Crippen LogP contribution in [0.3, 0.4) is 0 Å². The Balaban J connectivity index is 2.23. The molecule has 0 aliphatic rings. The van der Waals surface area contributed by atoms with E-state index in [1.807, 2.05) is 18.2 Å². The van der Waals surface area contributed by atoms with Crippen molar-refractivity contribution in [2.75, 3.05) is 14.2 Å². The van der Waals surface area contributed by atoms with Crippen LogP contribution in [0.25, 0.3) is 0 Å². The third-order valence-electron chi connectivity index (χ3n) is 2.96. The van der Waals surface area contributed by atoms with Crippen molar-refractivity contribution in [1.82, 2.24) is 0 Å². The summed E-state index contributed by atoms with van der Waals surface area (Å²) in [5.41, 5.74) is 1.41. The van der Waals surface area contributed by atoms with Gasteiger partial charge in [-0.1, -0.05) is 18.2 Å². The first-order valence-electron chi connectivity index (χ1n) is 6.22. The van der Waals surface area contributed by atoms with Gasteiger partial charge in [-0.2, -0.15) is 5.26 Å². The molecule has 0 bridgehead atoms. The second kappa shape index (κ2) is 7.00. The lowest BCUT2D eigenvalue weighted by atomic mass is 10.2. The summed E-state index contributed by atoms with van der Waals surface area (Å²) in [6.07, 6.45) is 0. The second-order valence-electron chi connectivity index (χ2n) is 4.17.